The van der Waals surface area contributed by atoms with Crippen LogP contribution in [0.2, 0.25) is 0 Å². The van der Waals surface area contributed by atoms with E-state index in [1.165, 1.54) is 26.4 Å². The minimum atomic E-state index is -0.336. The molecule has 0 aliphatic carbocycles. The van der Waals surface area contributed by atoms with Crippen molar-refractivity contribution < 1.29 is 45.1 Å². The zero-order chi connectivity index (χ0) is 34.5. The fraction of sp³-hybridized carbons (Fsp3) is 0.263. The van der Waals surface area contributed by atoms with Gasteiger partial charge in [-0.2, -0.15) is 0 Å². The standard InChI is InChI=1S/C38H37N4O6.Ni/c1-21-25(9-7-15-43)33-18-31-22(2)26(10-8-16-44)34(41-31)19-32-24(4)28(12-14-38(46)48-6)36(42-32)20-35-27(11-13-37(45)47-5)23(3)30(40-35)17-29(21)39-33;/h7-10,15-20H,11-14H2,1-6H3,(H-,39,40,41,42,43,44);/q-1;+2/p-1. The van der Waals surface area contributed by atoms with Gasteiger partial charge in [0.2, 0.25) is 0 Å². The number of aldehydes is 2. The summed E-state index contributed by atoms with van der Waals surface area (Å²) in [5.74, 6) is -0.669. The molecule has 3 aromatic heterocycles. The normalized spacial score (nSPS) is 12.9. The van der Waals surface area contributed by atoms with Gasteiger partial charge in [0.25, 0.3) is 0 Å². The van der Waals surface area contributed by atoms with Gasteiger partial charge in [-0.1, -0.05) is 47.0 Å². The molecular weight excluding hydrogens is 667 g/mol. The number of aromatic nitrogens is 4. The summed E-state index contributed by atoms with van der Waals surface area (Å²) < 4.78 is 9.85. The molecule has 0 fully saturated rings. The molecule has 0 aromatic carbocycles. The van der Waals surface area contributed by atoms with Gasteiger partial charge in [-0.05, 0) is 81.0 Å². The molecule has 0 amide bonds. The molecule has 5 heterocycles. The fourth-order valence-corrected chi connectivity index (χ4v) is 5.98. The molecule has 0 unspecified atom stereocenters. The van der Waals surface area contributed by atoms with Crippen LogP contribution < -0.4 is 9.97 Å². The Morgan fingerprint density at radius 1 is 0.673 bits per heavy atom. The summed E-state index contributed by atoms with van der Waals surface area (Å²) in [6, 6.07) is 7.54. The third kappa shape index (κ3) is 7.62. The van der Waals surface area contributed by atoms with E-state index in [4.69, 9.17) is 29.4 Å². The van der Waals surface area contributed by atoms with Crippen LogP contribution in [0.25, 0.3) is 50.4 Å². The monoisotopic (exact) mass is 702 g/mol. The van der Waals surface area contributed by atoms with Gasteiger partial charge in [-0.3, -0.25) is 19.2 Å². The van der Waals surface area contributed by atoms with Crippen molar-refractivity contribution in [2.75, 3.05) is 14.2 Å². The smallest absolute Gasteiger partial charge is 0.657 e. The molecule has 5 rings (SSSR count). The Bertz CT molecular complexity index is 2130. The summed E-state index contributed by atoms with van der Waals surface area (Å²) >= 11 is 0. The summed E-state index contributed by atoms with van der Waals surface area (Å²) in [5.41, 5.74) is 11.9. The molecule has 0 saturated carbocycles. The number of hydrogen-bond donors (Lipinski definition) is 0. The summed E-state index contributed by atoms with van der Waals surface area (Å²) in [6.07, 6.45) is 8.85. The summed E-state index contributed by atoms with van der Waals surface area (Å²) in [4.78, 5) is 67.0. The van der Waals surface area contributed by atoms with E-state index in [-0.39, 0.29) is 41.3 Å². The minimum Gasteiger partial charge on any atom is -0.657 e. The van der Waals surface area contributed by atoms with Gasteiger partial charge in [0.15, 0.2) is 0 Å². The molecule has 3 aromatic rings. The Morgan fingerprint density at radius 2 is 1.20 bits per heavy atom. The Morgan fingerprint density at radius 3 is 1.88 bits per heavy atom. The van der Waals surface area contributed by atoms with E-state index < -0.39 is 0 Å². The maximum Gasteiger partial charge on any atom is 2.00 e. The molecule has 0 atom stereocenters. The van der Waals surface area contributed by atoms with E-state index in [1.54, 1.807) is 12.2 Å². The number of nitrogens with zero attached hydrogens (tertiary/aromatic N) is 4. The van der Waals surface area contributed by atoms with E-state index in [2.05, 4.69) is 0 Å². The van der Waals surface area contributed by atoms with Crippen molar-refractivity contribution in [1.29, 1.82) is 0 Å². The predicted octanol–water partition coefficient (Wildman–Crippen LogP) is 6.07. The van der Waals surface area contributed by atoms with E-state index in [0.717, 1.165) is 50.8 Å². The van der Waals surface area contributed by atoms with Crippen LogP contribution in [0, 0.1) is 13.8 Å². The first kappa shape index (κ1) is 36.7. The molecule has 2 aliphatic rings. The molecule has 10 nitrogen and oxygen atoms in total. The topological polar surface area (TPSA) is 141 Å². The van der Waals surface area contributed by atoms with E-state index in [9.17, 15) is 19.2 Å². The Balaban J connectivity index is 0.00000541. The summed E-state index contributed by atoms with van der Waals surface area (Å²) in [6.45, 7) is 7.78. The van der Waals surface area contributed by atoms with Crippen molar-refractivity contribution in [1.82, 2.24) is 19.9 Å². The van der Waals surface area contributed by atoms with Crippen LogP contribution in [0.4, 0.5) is 0 Å². The molecule has 2 aliphatic heterocycles. The second-order valence-corrected chi connectivity index (χ2v) is 11.5. The largest absolute Gasteiger partial charge is 2.00 e. The number of hydrogen-bond acceptors (Lipinski definition) is 8. The Labute approximate surface area is 294 Å². The van der Waals surface area contributed by atoms with Crippen molar-refractivity contribution in [3.63, 3.8) is 0 Å². The van der Waals surface area contributed by atoms with Crippen LogP contribution in [0.15, 0.2) is 42.5 Å². The molecule has 0 N–H and O–H groups in total. The van der Waals surface area contributed by atoms with Crippen molar-refractivity contribution in [2.45, 2.75) is 53.4 Å². The Kier molecular flexibility index (Phi) is 11.9. The molecule has 0 spiro atoms. The second-order valence-electron chi connectivity index (χ2n) is 11.5. The van der Waals surface area contributed by atoms with Gasteiger partial charge in [0, 0.05) is 18.4 Å². The van der Waals surface area contributed by atoms with Crippen molar-refractivity contribution in [2.24, 2.45) is 0 Å². The van der Waals surface area contributed by atoms with Crippen LogP contribution in [0.1, 0.15) is 78.1 Å². The number of carbonyl (C=O) groups is 4. The number of ether oxygens (including phenoxy) is 2. The average Bonchev–Trinajstić information content (AvgIpc) is 3.73. The molecule has 254 valence electrons. The van der Waals surface area contributed by atoms with Gasteiger partial charge >= 0.3 is 28.4 Å². The summed E-state index contributed by atoms with van der Waals surface area (Å²) in [7, 11) is 2.72. The molecule has 0 radical (unpaired) electrons. The summed E-state index contributed by atoms with van der Waals surface area (Å²) in [5, 5.41) is 0. The maximum absolute atomic E-state index is 12.2. The number of rotatable bonds is 10. The molecule has 0 saturated heterocycles. The molecule has 8 bridgehead atoms. The average molecular weight is 703 g/mol. The Hall–Kier alpha value is -5.15. The SMILES string of the molecule is COC(=O)CCC1=C(C)c2cc3[n-]c(cc4nc(cc5[n-]c(cc1n2)c(CCC(=O)OC)c5C)C(/C=C/C=O)=C4C)c(/C=C/C=O)c3C.[Ni+2]. The minimum absolute atomic E-state index is 0. The van der Waals surface area contributed by atoms with Crippen LogP contribution in [0.3, 0.4) is 0 Å². The van der Waals surface area contributed by atoms with Crippen molar-refractivity contribution in [3.05, 3.63) is 87.5 Å². The van der Waals surface area contributed by atoms with Gasteiger partial charge in [0.05, 0.1) is 37.0 Å². The van der Waals surface area contributed by atoms with Crippen LogP contribution >= 0.6 is 0 Å². The zero-order valence-electron chi connectivity index (χ0n) is 28.2. The molecular formula is C38H36N4NiO6. The van der Waals surface area contributed by atoms with Crippen LogP contribution in [-0.4, -0.2) is 48.7 Å². The third-order valence-corrected chi connectivity index (χ3v) is 8.77. The van der Waals surface area contributed by atoms with Gasteiger partial charge in [0.1, 0.15) is 12.6 Å². The number of fused-ring (bicyclic) bond motifs is 8. The number of aryl methyl sites for hydroxylation is 3. The number of methoxy groups -OCH3 is 2. The van der Waals surface area contributed by atoms with Crippen molar-refractivity contribution >= 4 is 74.9 Å². The fourth-order valence-electron chi connectivity index (χ4n) is 5.98. The third-order valence-electron chi connectivity index (χ3n) is 8.77. The second kappa shape index (κ2) is 15.8. The van der Waals surface area contributed by atoms with Gasteiger partial charge in [-0.15, -0.1) is 22.1 Å². The quantitative estimate of drug-likeness (QED) is 0.106. The van der Waals surface area contributed by atoms with Crippen LogP contribution in [-0.2, 0) is 51.6 Å². The van der Waals surface area contributed by atoms with E-state index in [0.29, 0.717) is 64.0 Å². The number of esters is 2. The maximum atomic E-state index is 12.2. The van der Waals surface area contributed by atoms with Crippen molar-refractivity contribution in [3.8, 4) is 0 Å². The number of allylic oxidation sites excluding steroid dienone is 7. The first-order valence-electron chi connectivity index (χ1n) is 15.5. The molecule has 49 heavy (non-hydrogen) atoms. The van der Waals surface area contributed by atoms with Gasteiger partial charge < -0.3 is 19.4 Å². The number of carbonyl (C=O) groups excluding carboxylic acids is 4. The first-order chi connectivity index (χ1) is 23.1. The zero-order valence-corrected chi connectivity index (χ0v) is 29.1. The molecule has 11 heteroatoms. The van der Waals surface area contributed by atoms with E-state index in [1.807, 2.05) is 52.0 Å². The van der Waals surface area contributed by atoms with Crippen LogP contribution in [0.5, 0.6) is 0 Å². The predicted molar refractivity (Wildman–Crippen MR) is 185 cm³/mol. The van der Waals surface area contributed by atoms with E-state index >= 15 is 0 Å². The first-order valence-corrected chi connectivity index (χ1v) is 15.5. The van der Waals surface area contributed by atoms with Gasteiger partial charge in [-0.25, -0.2) is 9.97 Å².